The molecule has 1 amide bonds. The van der Waals surface area contributed by atoms with E-state index in [1.807, 2.05) is 6.92 Å². The highest BCUT2D eigenvalue weighted by Crippen LogP contribution is 2.35. The van der Waals surface area contributed by atoms with E-state index >= 15 is 0 Å². The number of fused-ring (bicyclic) bond motifs is 2. The molecule has 0 radical (unpaired) electrons. The van der Waals surface area contributed by atoms with Crippen molar-refractivity contribution in [3.05, 3.63) is 45.7 Å². The van der Waals surface area contributed by atoms with Gasteiger partial charge in [-0.05, 0) is 38.5 Å². The summed E-state index contributed by atoms with van der Waals surface area (Å²) in [6, 6.07) is 2.82. The Balaban J connectivity index is 1.71. The van der Waals surface area contributed by atoms with Crippen molar-refractivity contribution in [2.75, 3.05) is 6.54 Å². The molecular weight excluding hydrogens is 397 g/mol. The molecule has 0 N–H and O–H groups in total. The highest BCUT2D eigenvalue weighted by Gasteiger charge is 2.42. The lowest BCUT2D eigenvalue weighted by atomic mass is 10.1. The van der Waals surface area contributed by atoms with Gasteiger partial charge in [0, 0.05) is 29.1 Å². The number of hydrogen-bond donors (Lipinski definition) is 0. The summed E-state index contributed by atoms with van der Waals surface area (Å²) in [5.41, 5.74) is 1.99. The first-order chi connectivity index (χ1) is 13.1. The molecule has 3 aromatic rings. The van der Waals surface area contributed by atoms with E-state index in [-0.39, 0.29) is 24.7 Å². The van der Waals surface area contributed by atoms with Crippen molar-refractivity contribution in [1.82, 2.24) is 19.7 Å². The van der Waals surface area contributed by atoms with Crippen LogP contribution in [-0.4, -0.2) is 32.1 Å². The van der Waals surface area contributed by atoms with Crippen LogP contribution in [0.1, 0.15) is 46.3 Å². The molecule has 2 aromatic heterocycles. The molecule has 28 heavy (non-hydrogen) atoms. The van der Waals surface area contributed by atoms with Crippen LogP contribution in [0.25, 0.3) is 11.0 Å². The maximum atomic E-state index is 13.1. The van der Waals surface area contributed by atoms with Gasteiger partial charge in [-0.15, -0.1) is 10.2 Å². The maximum absolute atomic E-state index is 13.1. The van der Waals surface area contributed by atoms with E-state index in [9.17, 15) is 18.0 Å². The number of benzene rings is 1. The Morgan fingerprint density at radius 1 is 1.25 bits per heavy atom. The molecule has 0 saturated heterocycles. The van der Waals surface area contributed by atoms with Crippen LogP contribution in [-0.2, 0) is 12.7 Å². The van der Waals surface area contributed by atoms with Crippen LogP contribution in [0.4, 0.5) is 13.2 Å². The quantitative estimate of drug-likeness (QED) is 0.589. The minimum absolute atomic E-state index is 0.0442. The molecule has 4 rings (SSSR count). The maximum Gasteiger partial charge on any atom is 0.451 e. The fourth-order valence-electron chi connectivity index (χ4n) is 3.55. The van der Waals surface area contributed by atoms with E-state index in [0.29, 0.717) is 16.2 Å². The van der Waals surface area contributed by atoms with Crippen molar-refractivity contribution in [2.24, 2.45) is 0 Å². The molecule has 148 valence electrons. The van der Waals surface area contributed by atoms with E-state index in [1.54, 1.807) is 26.0 Å². The van der Waals surface area contributed by atoms with Crippen LogP contribution in [0.15, 0.2) is 16.5 Å². The zero-order valence-electron chi connectivity index (χ0n) is 15.3. The zero-order valence-corrected chi connectivity index (χ0v) is 16.0. The smallest absolute Gasteiger partial charge is 0.451 e. The predicted octanol–water partition coefficient (Wildman–Crippen LogP) is 4.53. The number of rotatable bonds is 1. The first-order valence-corrected chi connectivity index (χ1v) is 8.98. The first-order valence-electron chi connectivity index (χ1n) is 8.60. The molecule has 1 atom stereocenters. The molecule has 1 unspecified atom stereocenters. The summed E-state index contributed by atoms with van der Waals surface area (Å²) in [6.07, 6.45) is -4.59. The second-order valence-electron chi connectivity index (χ2n) is 6.86. The van der Waals surface area contributed by atoms with E-state index < -0.39 is 23.9 Å². The Morgan fingerprint density at radius 3 is 2.64 bits per heavy atom. The topological polar surface area (TPSA) is 64.2 Å². The van der Waals surface area contributed by atoms with Crippen molar-refractivity contribution in [3.8, 4) is 0 Å². The molecule has 0 saturated carbocycles. The lowest BCUT2D eigenvalue weighted by molar-refractivity contribution is -0.148. The Labute approximate surface area is 162 Å². The van der Waals surface area contributed by atoms with Crippen molar-refractivity contribution in [3.63, 3.8) is 0 Å². The Bertz CT molecular complexity index is 1100. The van der Waals surface area contributed by atoms with E-state index in [2.05, 4.69) is 10.2 Å². The van der Waals surface area contributed by atoms with Gasteiger partial charge in [0.2, 0.25) is 5.82 Å². The third-order valence-electron chi connectivity index (χ3n) is 5.11. The number of carbonyl (C=O) groups excluding carboxylic acids is 1. The van der Waals surface area contributed by atoms with Gasteiger partial charge in [-0.25, -0.2) is 0 Å². The molecule has 0 aliphatic carbocycles. The fourth-order valence-corrected chi connectivity index (χ4v) is 3.71. The van der Waals surface area contributed by atoms with Crippen LogP contribution >= 0.6 is 11.6 Å². The Morgan fingerprint density at radius 2 is 1.96 bits per heavy atom. The van der Waals surface area contributed by atoms with E-state index in [4.69, 9.17) is 16.0 Å². The molecule has 0 bridgehead atoms. The van der Waals surface area contributed by atoms with Gasteiger partial charge in [0.05, 0.1) is 6.04 Å². The predicted molar refractivity (Wildman–Crippen MR) is 95.2 cm³/mol. The van der Waals surface area contributed by atoms with Gasteiger partial charge in [0.1, 0.15) is 5.58 Å². The number of nitrogens with zero attached hydrogens (tertiary/aromatic N) is 4. The second kappa shape index (κ2) is 6.23. The Kier molecular flexibility index (Phi) is 4.18. The highest BCUT2D eigenvalue weighted by molar-refractivity contribution is 6.32. The number of alkyl halides is 3. The van der Waals surface area contributed by atoms with Gasteiger partial charge in [0.25, 0.3) is 5.91 Å². The number of carbonyl (C=O) groups is 1. The molecule has 1 aromatic carbocycles. The van der Waals surface area contributed by atoms with Crippen molar-refractivity contribution < 1.29 is 22.4 Å². The lowest BCUT2D eigenvalue weighted by Gasteiger charge is -2.33. The van der Waals surface area contributed by atoms with Crippen LogP contribution in [0.2, 0.25) is 5.02 Å². The molecule has 6 nitrogen and oxygen atoms in total. The molecule has 0 spiro atoms. The summed E-state index contributed by atoms with van der Waals surface area (Å²) in [4.78, 5) is 14.6. The monoisotopic (exact) mass is 412 g/mol. The van der Waals surface area contributed by atoms with Crippen LogP contribution < -0.4 is 0 Å². The van der Waals surface area contributed by atoms with E-state index in [1.165, 1.54) is 4.90 Å². The Hall–Kier alpha value is -2.55. The minimum atomic E-state index is -4.59. The SMILES string of the molecule is Cc1cc2oc(C(=O)N3CCn4c(nnc4C(F)(F)F)C3C)c(C)c2cc1Cl. The number of hydrogen-bond acceptors (Lipinski definition) is 4. The molecule has 1 aliphatic rings. The molecule has 3 heterocycles. The van der Waals surface area contributed by atoms with Crippen LogP contribution in [0.3, 0.4) is 0 Å². The van der Waals surface area contributed by atoms with E-state index in [0.717, 1.165) is 15.5 Å². The van der Waals surface area contributed by atoms with Crippen molar-refractivity contribution in [2.45, 2.75) is 39.5 Å². The van der Waals surface area contributed by atoms with Crippen LogP contribution in [0, 0.1) is 13.8 Å². The summed E-state index contributed by atoms with van der Waals surface area (Å²) in [7, 11) is 0. The van der Waals surface area contributed by atoms with Crippen molar-refractivity contribution >= 4 is 28.5 Å². The number of aromatic nitrogens is 3. The molecule has 10 heteroatoms. The number of halogens is 4. The average Bonchev–Trinajstić information content (AvgIpc) is 3.18. The van der Waals surface area contributed by atoms with Gasteiger partial charge in [0.15, 0.2) is 11.6 Å². The summed E-state index contributed by atoms with van der Waals surface area (Å²) in [5, 5.41) is 8.23. The van der Waals surface area contributed by atoms with Gasteiger partial charge >= 0.3 is 6.18 Å². The van der Waals surface area contributed by atoms with Gasteiger partial charge in [-0.2, -0.15) is 13.2 Å². The number of furan rings is 1. The molecular formula is C18H16ClF3N4O2. The van der Waals surface area contributed by atoms with Gasteiger partial charge in [-0.1, -0.05) is 11.6 Å². The molecule has 1 aliphatic heterocycles. The summed E-state index contributed by atoms with van der Waals surface area (Å²) >= 11 is 6.17. The zero-order chi connectivity index (χ0) is 20.4. The third kappa shape index (κ3) is 2.76. The largest absolute Gasteiger partial charge is 0.451 e. The van der Waals surface area contributed by atoms with Crippen LogP contribution in [0.5, 0.6) is 0 Å². The lowest BCUT2D eigenvalue weighted by Crippen LogP contribution is -2.42. The average molecular weight is 413 g/mol. The summed E-state index contributed by atoms with van der Waals surface area (Å²) < 4.78 is 46.0. The number of amides is 1. The van der Waals surface area contributed by atoms with Gasteiger partial charge in [-0.3, -0.25) is 4.79 Å². The normalized spacial score (nSPS) is 17.2. The third-order valence-corrected chi connectivity index (χ3v) is 5.52. The van der Waals surface area contributed by atoms with Crippen molar-refractivity contribution in [1.29, 1.82) is 0 Å². The highest BCUT2D eigenvalue weighted by atomic mass is 35.5. The summed E-state index contributed by atoms with van der Waals surface area (Å²) in [5.74, 6) is -1.21. The fraction of sp³-hybridized carbons (Fsp3) is 0.389. The second-order valence-corrected chi connectivity index (χ2v) is 7.27. The first kappa shape index (κ1) is 18.8. The number of aryl methyl sites for hydroxylation is 2. The standard InChI is InChI=1S/C18H16ClF3N4O2/c1-8-6-13-11(7-12(8)19)9(2)14(28-13)16(27)25-4-5-26-15(10(25)3)23-24-17(26)18(20,21)22/h6-7,10H,4-5H2,1-3H3. The minimum Gasteiger partial charge on any atom is -0.451 e. The molecule has 0 fully saturated rings. The summed E-state index contributed by atoms with van der Waals surface area (Å²) in [6.45, 7) is 5.25. The van der Waals surface area contributed by atoms with Gasteiger partial charge < -0.3 is 13.9 Å².